The number of anilines is 1. The molecule has 26 heavy (non-hydrogen) atoms. The maximum Gasteiger partial charge on any atom is 0.338 e. The predicted molar refractivity (Wildman–Crippen MR) is 91.4 cm³/mol. The van der Waals surface area contributed by atoms with Crippen molar-refractivity contribution in [1.29, 1.82) is 0 Å². The van der Waals surface area contributed by atoms with Crippen molar-refractivity contribution in [3.63, 3.8) is 0 Å². The standard InChI is InChI=1S/C18H13F2NO4S/c1-9(17(23)10-2-4-12(19)13(20)6-10)25-18(24)11-3-5-15-14(7-11)21-16(22)8-26-15/h2-7,9H,8H2,1H3,(H,21,22)/t9-/m1/s1. The van der Waals surface area contributed by atoms with Gasteiger partial charge >= 0.3 is 5.97 Å². The van der Waals surface area contributed by atoms with Crippen molar-refractivity contribution in [1.82, 2.24) is 0 Å². The highest BCUT2D eigenvalue weighted by Gasteiger charge is 2.23. The third kappa shape index (κ3) is 3.75. The molecule has 0 bridgehead atoms. The van der Waals surface area contributed by atoms with E-state index >= 15 is 0 Å². The number of ketones is 1. The number of benzene rings is 2. The Hall–Kier alpha value is -2.74. The maximum absolute atomic E-state index is 13.3. The number of esters is 1. The molecule has 2 aromatic rings. The van der Waals surface area contributed by atoms with Crippen LogP contribution in [0.5, 0.6) is 0 Å². The molecular weight excluding hydrogens is 364 g/mol. The molecule has 2 aromatic carbocycles. The van der Waals surface area contributed by atoms with E-state index in [0.717, 1.165) is 23.1 Å². The Morgan fingerprint density at radius 2 is 1.85 bits per heavy atom. The first-order valence-corrected chi connectivity index (χ1v) is 8.60. The summed E-state index contributed by atoms with van der Waals surface area (Å²) in [6.07, 6.45) is -1.19. The zero-order chi connectivity index (χ0) is 18.8. The molecule has 1 heterocycles. The lowest BCUT2D eigenvalue weighted by molar-refractivity contribution is -0.113. The van der Waals surface area contributed by atoms with Crippen molar-refractivity contribution in [2.45, 2.75) is 17.9 Å². The minimum absolute atomic E-state index is 0.0988. The van der Waals surface area contributed by atoms with Crippen LogP contribution in [0.2, 0.25) is 0 Å². The summed E-state index contributed by atoms with van der Waals surface area (Å²) < 4.78 is 31.3. The number of Topliss-reactive ketones (excluding diaryl/α,β-unsaturated/α-hetero) is 1. The fourth-order valence-electron chi connectivity index (χ4n) is 2.38. The second kappa shape index (κ2) is 7.25. The lowest BCUT2D eigenvalue weighted by atomic mass is 10.1. The van der Waals surface area contributed by atoms with Crippen LogP contribution in [0.1, 0.15) is 27.6 Å². The lowest BCUT2D eigenvalue weighted by Gasteiger charge is -2.17. The first-order chi connectivity index (χ1) is 12.3. The smallest absolute Gasteiger partial charge is 0.338 e. The summed E-state index contributed by atoms with van der Waals surface area (Å²) in [5.41, 5.74) is 0.565. The second-order valence-corrected chi connectivity index (χ2v) is 6.61. The minimum atomic E-state index is -1.19. The van der Waals surface area contributed by atoms with Crippen LogP contribution in [0.25, 0.3) is 0 Å². The van der Waals surface area contributed by atoms with Crippen LogP contribution in [-0.2, 0) is 9.53 Å². The molecule has 0 radical (unpaired) electrons. The Morgan fingerprint density at radius 3 is 2.58 bits per heavy atom. The third-order valence-corrected chi connectivity index (χ3v) is 4.78. The molecule has 0 saturated heterocycles. The van der Waals surface area contributed by atoms with Gasteiger partial charge in [0.25, 0.3) is 0 Å². The van der Waals surface area contributed by atoms with Gasteiger partial charge in [-0.2, -0.15) is 0 Å². The molecule has 0 fully saturated rings. The topological polar surface area (TPSA) is 72.5 Å². The molecule has 0 unspecified atom stereocenters. The van der Waals surface area contributed by atoms with Gasteiger partial charge in [0.2, 0.25) is 11.7 Å². The molecule has 0 saturated carbocycles. The zero-order valence-electron chi connectivity index (χ0n) is 13.5. The summed E-state index contributed by atoms with van der Waals surface area (Å²) in [5.74, 6) is -3.51. The zero-order valence-corrected chi connectivity index (χ0v) is 14.4. The highest BCUT2D eigenvalue weighted by Crippen LogP contribution is 2.32. The molecule has 1 aliphatic heterocycles. The van der Waals surface area contributed by atoms with Crippen molar-refractivity contribution >= 4 is 35.1 Å². The van der Waals surface area contributed by atoms with E-state index in [-0.39, 0.29) is 17.0 Å². The van der Waals surface area contributed by atoms with E-state index in [1.165, 1.54) is 30.8 Å². The van der Waals surface area contributed by atoms with Gasteiger partial charge in [-0.05, 0) is 43.3 Å². The van der Waals surface area contributed by atoms with Crippen molar-refractivity contribution < 1.29 is 27.9 Å². The van der Waals surface area contributed by atoms with Crippen molar-refractivity contribution in [2.75, 3.05) is 11.1 Å². The molecule has 1 N–H and O–H groups in total. The molecule has 0 spiro atoms. The molecule has 3 rings (SSSR count). The number of carbonyl (C=O) groups is 3. The van der Waals surface area contributed by atoms with E-state index in [9.17, 15) is 23.2 Å². The van der Waals surface area contributed by atoms with Gasteiger partial charge in [-0.1, -0.05) is 0 Å². The predicted octanol–water partition coefficient (Wildman–Crippen LogP) is 3.44. The van der Waals surface area contributed by atoms with Crippen molar-refractivity contribution in [3.05, 3.63) is 59.2 Å². The normalized spacial score (nSPS) is 14.2. The summed E-state index contributed by atoms with van der Waals surface area (Å²) in [6, 6.07) is 7.39. The van der Waals surface area contributed by atoms with Gasteiger partial charge in [-0.25, -0.2) is 13.6 Å². The minimum Gasteiger partial charge on any atom is -0.451 e. The summed E-state index contributed by atoms with van der Waals surface area (Å²) in [7, 11) is 0. The van der Waals surface area contributed by atoms with E-state index in [0.29, 0.717) is 11.4 Å². The fourth-order valence-corrected chi connectivity index (χ4v) is 3.16. The summed E-state index contributed by atoms with van der Waals surface area (Å²) >= 11 is 1.35. The van der Waals surface area contributed by atoms with Gasteiger partial charge in [0.1, 0.15) is 0 Å². The van der Waals surface area contributed by atoms with Crippen molar-refractivity contribution in [2.24, 2.45) is 0 Å². The molecule has 5 nitrogen and oxygen atoms in total. The first kappa shape index (κ1) is 18.1. The van der Waals surface area contributed by atoms with E-state index in [2.05, 4.69) is 5.32 Å². The van der Waals surface area contributed by atoms with Gasteiger partial charge in [0.15, 0.2) is 17.7 Å². The highest BCUT2D eigenvalue weighted by atomic mass is 32.2. The van der Waals surface area contributed by atoms with Crippen LogP contribution in [-0.4, -0.2) is 29.5 Å². The average molecular weight is 377 g/mol. The Kier molecular flexibility index (Phi) is 5.03. The van der Waals surface area contributed by atoms with Gasteiger partial charge in [-0.3, -0.25) is 9.59 Å². The number of thioether (sulfide) groups is 1. The molecule has 1 atom stereocenters. The fraction of sp³-hybridized carbons (Fsp3) is 0.167. The Balaban J connectivity index is 1.72. The third-order valence-electron chi connectivity index (χ3n) is 3.71. The molecule has 1 aliphatic rings. The van der Waals surface area contributed by atoms with Crippen LogP contribution < -0.4 is 5.32 Å². The number of nitrogens with one attached hydrogen (secondary N) is 1. The Labute approximate surface area is 151 Å². The average Bonchev–Trinajstić information content (AvgIpc) is 2.62. The summed E-state index contributed by atoms with van der Waals surface area (Å²) in [6.45, 7) is 1.34. The van der Waals surface area contributed by atoms with Crippen LogP contribution >= 0.6 is 11.8 Å². The number of rotatable bonds is 4. The number of ether oxygens (including phenoxy) is 1. The molecule has 134 valence electrons. The molecule has 8 heteroatoms. The lowest BCUT2D eigenvalue weighted by Crippen LogP contribution is -2.25. The Bertz CT molecular complexity index is 916. The van der Waals surface area contributed by atoms with E-state index in [1.807, 2.05) is 0 Å². The number of hydrogen-bond acceptors (Lipinski definition) is 5. The van der Waals surface area contributed by atoms with Gasteiger partial charge in [-0.15, -0.1) is 11.8 Å². The van der Waals surface area contributed by atoms with Crippen LogP contribution in [0.3, 0.4) is 0 Å². The monoisotopic (exact) mass is 377 g/mol. The van der Waals surface area contributed by atoms with Crippen molar-refractivity contribution in [3.8, 4) is 0 Å². The molecule has 0 aromatic heterocycles. The SMILES string of the molecule is C[C@@H](OC(=O)c1ccc2c(c1)NC(=O)CS2)C(=O)c1ccc(F)c(F)c1. The number of amides is 1. The first-order valence-electron chi connectivity index (χ1n) is 7.62. The van der Waals surface area contributed by atoms with E-state index in [1.54, 1.807) is 6.07 Å². The van der Waals surface area contributed by atoms with Gasteiger partial charge in [0.05, 0.1) is 17.0 Å². The quantitative estimate of drug-likeness (QED) is 0.653. The Morgan fingerprint density at radius 1 is 1.12 bits per heavy atom. The van der Waals surface area contributed by atoms with Gasteiger partial charge < -0.3 is 10.1 Å². The molecular formula is C18H13F2NO4S. The number of carbonyl (C=O) groups excluding carboxylic acids is 3. The van der Waals surface area contributed by atoms with Crippen LogP contribution in [0.4, 0.5) is 14.5 Å². The van der Waals surface area contributed by atoms with E-state index in [4.69, 9.17) is 4.74 Å². The number of halogens is 2. The second-order valence-electron chi connectivity index (χ2n) is 5.59. The maximum atomic E-state index is 13.3. The van der Waals surface area contributed by atoms with E-state index < -0.39 is 29.5 Å². The van der Waals surface area contributed by atoms with Crippen LogP contribution in [0, 0.1) is 11.6 Å². The highest BCUT2D eigenvalue weighted by molar-refractivity contribution is 8.00. The summed E-state index contributed by atoms with van der Waals surface area (Å²) in [4.78, 5) is 36.7. The number of hydrogen-bond donors (Lipinski definition) is 1. The molecule has 1 amide bonds. The number of fused-ring (bicyclic) bond motifs is 1. The van der Waals surface area contributed by atoms with Crippen LogP contribution in [0.15, 0.2) is 41.3 Å². The summed E-state index contributed by atoms with van der Waals surface area (Å²) in [5, 5.41) is 2.66. The van der Waals surface area contributed by atoms with Gasteiger partial charge in [0, 0.05) is 10.5 Å². The molecule has 0 aliphatic carbocycles. The largest absolute Gasteiger partial charge is 0.451 e.